The van der Waals surface area contributed by atoms with Crippen LogP contribution in [0.4, 0.5) is 4.39 Å². The second-order valence-electron chi connectivity index (χ2n) is 6.95. The second-order valence-corrected chi connectivity index (χ2v) is 6.95. The molecule has 120 valence electrons. The van der Waals surface area contributed by atoms with Gasteiger partial charge in [0.15, 0.2) is 0 Å². The molecule has 2 nitrogen and oxygen atoms in total. The lowest BCUT2D eigenvalue weighted by Crippen LogP contribution is -2.32. The normalized spacial score (nSPS) is 20.3. The van der Waals surface area contributed by atoms with E-state index >= 15 is 0 Å². The van der Waals surface area contributed by atoms with Crippen molar-refractivity contribution in [3.05, 3.63) is 71.0 Å². The number of rotatable bonds is 4. The van der Waals surface area contributed by atoms with Gasteiger partial charge in [0.25, 0.3) is 0 Å². The van der Waals surface area contributed by atoms with Crippen LogP contribution in [0.3, 0.4) is 0 Å². The summed E-state index contributed by atoms with van der Waals surface area (Å²) in [4.78, 5) is 12.9. The van der Waals surface area contributed by atoms with Crippen LogP contribution < -0.4 is 5.73 Å². The third-order valence-corrected chi connectivity index (χ3v) is 5.11. The summed E-state index contributed by atoms with van der Waals surface area (Å²) in [6.45, 7) is 3.80. The predicted molar refractivity (Wildman–Crippen MR) is 89.6 cm³/mol. The van der Waals surface area contributed by atoms with Gasteiger partial charge in [-0.05, 0) is 55.0 Å². The Labute approximate surface area is 136 Å². The van der Waals surface area contributed by atoms with Gasteiger partial charge in [-0.1, -0.05) is 36.4 Å². The van der Waals surface area contributed by atoms with Gasteiger partial charge in [-0.25, -0.2) is 4.39 Å². The van der Waals surface area contributed by atoms with E-state index in [1.54, 1.807) is 12.1 Å². The largest absolute Gasteiger partial charge is 0.324 e. The lowest BCUT2D eigenvalue weighted by atomic mass is 9.76. The molecule has 0 unspecified atom stereocenters. The van der Waals surface area contributed by atoms with Gasteiger partial charge in [-0.2, -0.15) is 0 Å². The Kier molecular flexibility index (Phi) is 4.07. The minimum atomic E-state index is -0.637. The summed E-state index contributed by atoms with van der Waals surface area (Å²) in [5.41, 5.74) is 8.95. The highest BCUT2D eigenvalue weighted by molar-refractivity contribution is 5.89. The number of nitrogens with two attached hydrogens (primary N) is 1. The number of hydrogen-bond acceptors (Lipinski definition) is 2. The van der Waals surface area contributed by atoms with Gasteiger partial charge in [0.2, 0.25) is 0 Å². The Morgan fingerprint density at radius 3 is 2.48 bits per heavy atom. The van der Waals surface area contributed by atoms with Crippen LogP contribution in [0.2, 0.25) is 0 Å². The minimum absolute atomic E-state index is 0.0841. The lowest BCUT2D eigenvalue weighted by molar-refractivity contribution is -0.124. The number of ketones is 1. The predicted octanol–water partition coefficient (Wildman–Crippen LogP) is 3.93. The summed E-state index contributed by atoms with van der Waals surface area (Å²) in [7, 11) is 0. The van der Waals surface area contributed by atoms with E-state index in [-0.39, 0.29) is 23.6 Å². The number of hydrogen-bond donors (Lipinski definition) is 1. The molecule has 23 heavy (non-hydrogen) atoms. The summed E-state index contributed by atoms with van der Waals surface area (Å²) >= 11 is 0. The third kappa shape index (κ3) is 2.93. The molecule has 2 N–H and O–H groups in total. The van der Waals surface area contributed by atoms with Gasteiger partial charge in [0, 0.05) is 17.9 Å². The number of fused-ring (bicyclic) bond motifs is 1. The van der Waals surface area contributed by atoms with Crippen molar-refractivity contribution in [3.63, 3.8) is 0 Å². The Balaban J connectivity index is 1.76. The smallest absolute Gasteiger partial charge is 0.143 e. The van der Waals surface area contributed by atoms with Crippen LogP contribution in [0.5, 0.6) is 0 Å². The molecule has 1 aliphatic rings. The summed E-state index contributed by atoms with van der Waals surface area (Å²) < 4.78 is 13.1. The molecular formula is C20H22FNO. The third-order valence-electron chi connectivity index (χ3n) is 5.11. The first-order chi connectivity index (χ1) is 10.9. The van der Waals surface area contributed by atoms with Gasteiger partial charge in [0.1, 0.15) is 11.6 Å². The maximum absolute atomic E-state index is 13.1. The molecular weight excluding hydrogens is 289 g/mol. The molecule has 3 rings (SSSR count). The molecule has 0 bridgehead atoms. The van der Waals surface area contributed by atoms with Gasteiger partial charge >= 0.3 is 0 Å². The van der Waals surface area contributed by atoms with E-state index in [1.165, 1.54) is 17.7 Å². The van der Waals surface area contributed by atoms with Crippen LogP contribution >= 0.6 is 0 Å². The molecule has 0 saturated heterocycles. The van der Waals surface area contributed by atoms with Gasteiger partial charge in [-0.15, -0.1) is 0 Å². The average Bonchev–Trinajstić information content (AvgIpc) is 2.84. The average molecular weight is 311 g/mol. The van der Waals surface area contributed by atoms with Crippen LogP contribution in [0.25, 0.3) is 0 Å². The first kappa shape index (κ1) is 15.9. The molecule has 1 aliphatic carbocycles. The van der Waals surface area contributed by atoms with Crippen LogP contribution in [-0.4, -0.2) is 5.78 Å². The number of benzene rings is 2. The fourth-order valence-electron chi connectivity index (χ4n) is 3.43. The van der Waals surface area contributed by atoms with E-state index in [1.807, 2.05) is 26.0 Å². The van der Waals surface area contributed by atoms with E-state index in [9.17, 15) is 9.18 Å². The van der Waals surface area contributed by atoms with Crippen molar-refractivity contribution in [2.75, 3.05) is 0 Å². The van der Waals surface area contributed by atoms with Crippen molar-refractivity contribution >= 4 is 5.78 Å². The molecule has 3 heteroatoms. The molecule has 2 aromatic carbocycles. The molecule has 0 amide bonds. The first-order valence-electron chi connectivity index (χ1n) is 8.02. The summed E-state index contributed by atoms with van der Waals surface area (Å²) in [5, 5.41) is 0. The topological polar surface area (TPSA) is 43.1 Å². The first-order valence-corrected chi connectivity index (χ1v) is 8.02. The molecule has 0 aromatic heterocycles. The molecule has 0 fully saturated rings. The van der Waals surface area contributed by atoms with E-state index in [2.05, 4.69) is 12.1 Å². The minimum Gasteiger partial charge on any atom is -0.324 e. The van der Waals surface area contributed by atoms with Crippen LogP contribution in [0.1, 0.15) is 43.0 Å². The SMILES string of the molecule is CC(C)(C(=O)C[C@H]1Cc2ccccc2[C@@H]1N)c1ccc(F)cc1. The molecule has 0 aliphatic heterocycles. The maximum atomic E-state index is 13.1. The van der Waals surface area contributed by atoms with Crippen LogP contribution in [0.15, 0.2) is 48.5 Å². The van der Waals surface area contributed by atoms with Crippen molar-refractivity contribution < 1.29 is 9.18 Å². The molecule has 2 aromatic rings. The van der Waals surface area contributed by atoms with E-state index in [0.717, 1.165) is 17.5 Å². The van der Waals surface area contributed by atoms with Gasteiger partial charge < -0.3 is 5.73 Å². The number of halogens is 1. The highest BCUT2D eigenvalue weighted by atomic mass is 19.1. The molecule has 0 radical (unpaired) electrons. The number of Topliss-reactive ketones (excluding diaryl/α,β-unsaturated/α-hetero) is 1. The van der Waals surface area contributed by atoms with Crippen molar-refractivity contribution in [2.45, 2.75) is 38.1 Å². The monoisotopic (exact) mass is 311 g/mol. The van der Waals surface area contributed by atoms with Crippen molar-refractivity contribution in [1.82, 2.24) is 0 Å². The van der Waals surface area contributed by atoms with Gasteiger partial charge in [-0.3, -0.25) is 4.79 Å². The highest BCUT2D eigenvalue weighted by Crippen LogP contribution is 2.38. The van der Waals surface area contributed by atoms with Crippen LogP contribution in [-0.2, 0) is 16.6 Å². The molecule has 2 atom stereocenters. The van der Waals surface area contributed by atoms with Crippen molar-refractivity contribution in [2.24, 2.45) is 11.7 Å². The fraction of sp³-hybridized carbons (Fsp3) is 0.350. The Bertz CT molecular complexity index is 721. The fourth-order valence-corrected chi connectivity index (χ4v) is 3.43. The summed E-state index contributed by atoms with van der Waals surface area (Å²) in [6, 6.07) is 14.2. The van der Waals surface area contributed by atoms with Crippen molar-refractivity contribution in [1.29, 1.82) is 0 Å². The zero-order valence-electron chi connectivity index (χ0n) is 13.6. The zero-order chi connectivity index (χ0) is 16.6. The summed E-state index contributed by atoms with van der Waals surface area (Å²) in [6.07, 6.45) is 1.29. The Morgan fingerprint density at radius 1 is 1.17 bits per heavy atom. The van der Waals surface area contributed by atoms with Crippen molar-refractivity contribution in [3.8, 4) is 0 Å². The van der Waals surface area contributed by atoms with Gasteiger partial charge in [0.05, 0.1) is 0 Å². The quantitative estimate of drug-likeness (QED) is 0.929. The number of carbonyl (C=O) groups excluding carboxylic acids is 1. The van der Waals surface area contributed by atoms with E-state index in [4.69, 9.17) is 5.73 Å². The van der Waals surface area contributed by atoms with Crippen LogP contribution in [0, 0.1) is 11.7 Å². The highest BCUT2D eigenvalue weighted by Gasteiger charge is 2.36. The zero-order valence-corrected chi connectivity index (χ0v) is 13.6. The molecule has 0 spiro atoms. The Hall–Kier alpha value is -2.00. The van der Waals surface area contributed by atoms with E-state index < -0.39 is 5.41 Å². The molecule has 0 saturated carbocycles. The van der Waals surface area contributed by atoms with E-state index in [0.29, 0.717) is 6.42 Å². The number of carbonyl (C=O) groups is 1. The Morgan fingerprint density at radius 2 is 1.83 bits per heavy atom. The maximum Gasteiger partial charge on any atom is 0.143 e. The molecule has 0 heterocycles. The standard InChI is InChI=1S/C20H22FNO/c1-20(2,15-7-9-16(21)10-8-15)18(23)12-14-11-13-5-3-4-6-17(13)19(14)22/h3-10,14,19H,11-12,22H2,1-2H3/t14-,19-/m1/s1. The lowest BCUT2D eigenvalue weighted by Gasteiger charge is -2.26. The second kappa shape index (κ2) is 5.89. The summed E-state index contributed by atoms with van der Waals surface area (Å²) in [5.74, 6) is 0.00208.